The molecule has 6 heteroatoms. The highest BCUT2D eigenvalue weighted by Crippen LogP contribution is 1.96. The molecular formula is C8H16N2O4. The van der Waals surface area contributed by atoms with E-state index in [9.17, 15) is 9.59 Å². The molecule has 0 aromatic heterocycles. The molecule has 0 aromatic rings. The van der Waals surface area contributed by atoms with Crippen molar-refractivity contribution in [1.82, 2.24) is 4.90 Å². The van der Waals surface area contributed by atoms with Crippen LogP contribution in [0.25, 0.3) is 0 Å². The Morgan fingerprint density at radius 1 is 1.57 bits per heavy atom. The molecule has 1 amide bonds. The Balaban J connectivity index is 3.92. The van der Waals surface area contributed by atoms with Gasteiger partial charge in [-0.1, -0.05) is 0 Å². The zero-order valence-corrected chi connectivity index (χ0v) is 8.40. The second-order valence-electron chi connectivity index (χ2n) is 2.86. The summed E-state index contributed by atoms with van der Waals surface area (Å²) in [6.07, 6.45) is 0. The van der Waals surface area contributed by atoms with Crippen LogP contribution in [0, 0.1) is 0 Å². The molecule has 0 saturated carbocycles. The van der Waals surface area contributed by atoms with Crippen molar-refractivity contribution in [3.8, 4) is 0 Å². The minimum atomic E-state index is -1.04. The normalized spacial score (nSPS) is 12.2. The standard InChI is InChI=1S/C8H16N2O4/c1-6(8(12)13)10(2)7(11)5-14-4-3-9/h6H,3-5,9H2,1-2H3,(H,12,13). The third kappa shape index (κ3) is 4.20. The average molecular weight is 204 g/mol. The molecule has 14 heavy (non-hydrogen) atoms. The summed E-state index contributed by atoms with van der Waals surface area (Å²) in [5, 5.41) is 8.62. The molecule has 0 aliphatic carbocycles. The summed E-state index contributed by atoms with van der Waals surface area (Å²) < 4.78 is 4.89. The van der Waals surface area contributed by atoms with E-state index in [1.54, 1.807) is 0 Å². The van der Waals surface area contributed by atoms with Gasteiger partial charge in [0.25, 0.3) is 0 Å². The molecule has 3 N–H and O–H groups in total. The summed E-state index contributed by atoms with van der Waals surface area (Å²) in [6, 6.07) is -0.844. The van der Waals surface area contributed by atoms with E-state index in [0.717, 1.165) is 4.90 Å². The van der Waals surface area contributed by atoms with Crippen LogP contribution in [-0.4, -0.2) is 54.7 Å². The molecule has 0 aliphatic heterocycles. The van der Waals surface area contributed by atoms with Gasteiger partial charge >= 0.3 is 5.97 Å². The van der Waals surface area contributed by atoms with Gasteiger partial charge in [-0.25, -0.2) is 4.79 Å². The van der Waals surface area contributed by atoms with Gasteiger partial charge in [0.1, 0.15) is 12.6 Å². The van der Waals surface area contributed by atoms with Gasteiger partial charge in [-0.05, 0) is 6.92 Å². The van der Waals surface area contributed by atoms with Crippen LogP contribution in [0.5, 0.6) is 0 Å². The Morgan fingerprint density at radius 3 is 2.57 bits per heavy atom. The predicted molar refractivity (Wildman–Crippen MR) is 49.7 cm³/mol. The van der Waals surface area contributed by atoms with Gasteiger partial charge in [-0.2, -0.15) is 0 Å². The third-order valence-electron chi connectivity index (χ3n) is 1.82. The Bertz CT molecular complexity index is 208. The van der Waals surface area contributed by atoms with E-state index in [1.165, 1.54) is 14.0 Å². The van der Waals surface area contributed by atoms with E-state index in [1.807, 2.05) is 0 Å². The first-order valence-electron chi connectivity index (χ1n) is 4.27. The monoisotopic (exact) mass is 204 g/mol. The van der Waals surface area contributed by atoms with Crippen LogP contribution < -0.4 is 5.73 Å². The molecule has 0 rings (SSSR count). The molecule has 82 valence electrons. The number of rotatable bonds is 6. The number of nitrogens with two attached hydrogens (primary N) is 1. The minimum Gasteiger partial charge on any atom is -0.480 e. The Hall–Kier alpha value is -1.14. The second-order valence-corrected chi connectivity index (χ2v) is 2.86. The van der Waals surface area contributed by atoms with Crippen LogP contribution in [0.2, 0.25) is 0 Å². The number of amides is 1. The van der Waals surface area contributed by atoms with E-state index >= 15 is 0 Å². The molecule has 0 spiro atoms. The van der Waals surface area contributed by atoms with Crippen molar-refractivity contribution < 1.29 is 19.4 Å². The van der Waals surface area contributed by atoms with Gasteiger partial charge in [0.2, 0.25) is 5.91 Å². The smallest absolute Gasteiger partial charge is 0.326 e. The van der Waals surface area contributed by atoms with Gasteiger partial charge in [0, 0.05) is 13.6 Å². The fourth-order valence-corrected chi connectivity index (χ4v) is 0.726. The molecule has 0 heterocycles. The largest absolute Gasteiger partial charge is 0.480 e. The molecule has 0 aliphatic rings. The minimum absolute atomic E-state index is 0.134. The highest BCUT2D eigenvalue weighted by atomic mass is 16.5. The molecular weight excluding hydrogens is 188 g/mol. The quantitative estimate of drug-likeness (QED) is 0.535. The lowest BCUT2D eigenvalue weighted by atomic mass is 10.3. The van der Waals surface area contributed by atoms with Crippen molar-refractivity contribution in [2.75, 3.05) is 26.8 Å². The van der Waals surface area contributed by atoms with E-state index in [2.05, 4.69) is 0 Å². The summed E-state index contributed by atoms with van der Waals surface area (Å²) in [4.78, 5) is 22.9. The molecule has 1 unspecified atom stereocenters. The summed E-state index contributed by atoms with van der Waals surface area (Å²) in [7, 11) is 1.42. The number of nitrogens with zero attached hydrogens (tertiary/aromatic N) is 1. The Morgan fingerprint density at radius 2 is 2.14 bits per heavy atom. The first-order valence-corrected chi connectivity index (χ1v) is 4.27. The van der Waals surface area contributed by atoms with Crippen molar-refractivity contribution in [1.29, 1.82) is 0 Å². The van der Waals surface area contributed by atoms with Crippen molar-refractivity contribution in [3.63, 3.8) is 0 Å². The second kappa shape index (κ2) is 6.33. The maximum atomic E-state index is 11.3. The highest BCUT2D eigenvalue weighted by Gasteiger charge is 2.21. The first kappa shape index (κ1) is 12.9. The molecule has 1 atom stereocenters. The number of ether oxygens (including phenoxy) is 1. The van der Waals surface area contributed by atoms with Crippen LogP contribution in [0.15, 0.2) is 0 Å². The average Bonchev–Trinajstić information content (AvgIpc) is 2.15. The number of likely N-dealkylation sites (N-methyl/N-ethyl adjacent to an activating group) is 1. The van der Waals surface area contributed by atoms with E-state index in [-0.39, 0.29) is 12.5 Å². The fraction of sp³-hybridized carbons (Fsp3) is 0.750. The van der Waals surface area contributed by atoms with Gasteiger partial charge in [0.15, 0.2) is 0 Å². The number of hydrogen-bond donors (Lipinski definition) is 2. The predicted octanol–water partition coefficient (Wildman–Crippen LogP) is -1.11. The van der Waals surface area contributed by atoms with Crippen LogP contribution in [0.1, 0.15) is 6.92 Å². The number of carbonyl (C=O) groups is 2. The Kier molecular flexibility index (Phi) is 5.82. The molecule has 0 bridgehead atoms. The Labute approximate surface area is 82.6 Å². The number of hydrogen-bond acceptors (Lipinski definition) is 4. The van der Waals surface area contributed by atoms with Crippen molar-refractivity contribution in [2.45, 2.75) is 13.0 Å². The van der Waals surface area contributed by atoms with Gasteiger partial charge in [-0.3, -0.25) is 4.79 Å². The maximum absolute atomic E-state index is 11.3. The number of carbonyl (C=O) groups excluding carboxylic acids is 1. The van der Waals surface area contributed by atoms with Crippen LogP contribution in [0.4, 0.5) is 0 Å². The topological polar surface area (TPSA) is 92.9 Å². The summed E-state index contributed by atoms with van der Waals surface area (Å²) in [5.74, 6) is -1.41. The number of carboxylic acids is 1. The summed E-state index contributed by atoms with van der Waals surface area (Å²) in [5.41, 5.74) is 5.15. The SMILES string of the molecule is CC(C(=O)O)N(C)C(=O)COCCN. The third-order valence-corrected chi connectivity index (χ3v) is 1.82. The van der Waals surface area contributed by atoms with Crippen molar-refractivity contribution >= 4 is 11.9 Å². The van der Waals surface area contributed by atoms with Crippen LogP contribution in [0.3, 0.4) is 0 Å². The lowest BCUT2D eigenvalue weighted by molar-refractivity contribution is -0.150. The van der Waals surface area contributed by atoms with Crippen LogP contribution >= 0.6 is 0 Å². The lowest BCUT2D eigenvalue weighted by Gasteiger charge is -2.21. The summed E-state index contributed by atoms with van der Waals surface area (Å²) in [6.45, 7) is 1.93. The van der Waals surface area contributed by atoms with Gasteiger partial charge in [-0.15, -0.1) is 0 Å². The number of carboxylic acid groups (broad SMARTS) is 1. The fourth-order valence-electron chi connectivity index (χ4n) is 0.726. The summed E-state index contributed by atoms with van der Waals surface area (Å²) >= 11 is 0. The molecule has 6 nitrogen and oxygen atoms in total. The first-order chi connectivity index (χ1) is 6.50. The van der Waals surface area contributed by atoms with E-state index in [0.29, 0.717) is 13.2 Å². The van der Waals surface area contributed by atoms with E-state index in [4.69, 9.17) is 15.6 Å². The number of aliphatic carboxylic acids is 1. The van der Waals surface area contributed by atoms with Crippen molar-refractivity contribution in [3.05, 3.63) is 0 Å². The molecule has 0 saturated heterocycles. The van der Waals surface area contributed by atoms with Crippen LogP contribution in [-0.2, 0) is 14.3 Å². The highest BCUT2D eigenvalue weighted by molar-refractivity contribution is 5.83. The zero-order chi connectivity index (χ0) is 11.1. The molecule has 0 radical (unpaired) electrons. The van der Waals surface area contributed by atoms with Gasteiger partial charge in [0.05, 0.1) is 6.61 Å². The van der Waals surface area contributed by atoms with Gasteiger partial charge < -0.3 is 20.5 Å². The van der Waals surface area contributed by atoms with Crippen molar-refractivity contribution in [2.24, 2.45) is 5.73 Å². The zero-order valence-electron chi connectivity index (χ0n) is 8.40. The maximum Gasteiger partial charge on any atom is 0.326 e. The molecule has 0 aromatic carbocycles. The lowest BCUT2D eigenvalue weighted by Crippen LogP contribution is -2.42. The van der Waals surface area contributed by atoms with E-state index < -0.39 is 12.0 Å². The molecule has 0 fully saturated rings.